The molecule has 0 spiro atoms. The van der Waals surface area contributed by atoms with E-state index in [1.54, 1.807) is 48.2 Å². The zero-order valence-corrected chi connectivity index (χ0v) is 17.5. The summed E-state index contributed by atoms with van der Waals surface area (Å²) in [6.45, 7) is 6.21. The van der Waals surface area contributed by atoms with Crippen LogP contribution < -0.4 is 5.32 Å². The predicted molar refractivity (Wildman–Crippen MR) is 116 cm³/mol. The topological polar surface area (TPSA) is 64.0 Å². The van der Waals surface area contributed by atoms with Gasteiger partial charge in [-0.05, 0) is 32.9 Å². The fourth-order valence-corrected chi connectivity index (χ4v) is 4.37. The number of aromatic nitrogens is 2. The highest BCUT2D eigenvalue weighted by Crippen LogP contribution is 2.37. The van der Waals surface area contributed by atoms with Crippen molar-refractivity contribution in [1.82, 2.24) is 9.78 Å². The molecular weight excluding hydrogens is 382 g/mol. The molecule has 0 radical (unpaired) electrons. The first-order valence-electron chi connectivity index (χ1n) is 9.55. The average Bonchev–Trinajstić information content (AvgIpc) is 3.30. The normalized spacial score (nSPS) is 13.2. The Kier molecular flexibility index (Phi) is 5.04. The van der Waals surface area contributed by atoms with Gasteiger partial charge in [-0.15, -0.1) is 0 Å². The van der Waals surface area contributed by atoms with Gasteiger partial charge in [-0.3, -0.25) is 9.59 Å². The average molecular weight is 406 g/mol. The number of nitrogens with zero attached hydrogens (tertiary/aromatic N) is 2. The van der Waals surface area contributed by atoms with Crippen molar-refractivity contribution in [1.29, 1.82) is 0 Å². The maximum Gasteiger partial charge on any atom is 0.256 e. The second kappa shape index (κ2) is 7.52. The first-order valence-corrected chi connectivity index (χ1v) is 10.7. The van der Waals surface area contributed by atoms with Crippen LogP contribution in [-0.2, 0) is 17.0 Å². The molecule has 0 unspecified atom stereocenters. The van der Waals surface area contributed by atoms with Gasteiger partial charge in [0.15, 0.2) is 5.78 Å². The number of hydrogen-bond acceptors (Lipinski definition) is 4. The van der Waals surface area contributed by atoms with Crippen LogP contribution >= 0.6 is 11.8 Å². The van der Waals surface area contributed by atoms with Gasteiger partial charge in [-0.25, -0.2) is 4.68 Å². The van der Waals surface area contributed by atoms with Crippen molar-refractivity contribution in [2.45, 2.75) is 37.8 Å². The quantitative estimate of drug-likeness (QED) is 0.629. The van der Waals surface area contributed by atoms with Crippen molar-refractivity contribution in [3.05, 3.63) is 82.5 Å². The van der Waals surface area contributed by atoms with Gasteiger partial charge in [-0.2, -0.15) is 16.9 Å². The molecule has 1 aliphatic heterocycles. The fourth-order valence-electron chi connectivity index (χ4n) is 3.34. The molecule has 1 N–H and O–H groups in total. The summed E-state index contributed by atoms with van der Waals surface area (Å²) < 4.78 is 1.91. The monoisotopic (exact) mass is 405 g/mol. The molecule has 0 saturated carbocycles. The zero-order valence-electron chi connectivity index (χ0n) is 16.7. The van der Waals surface area contributed by atoms with E-state index in [9.17, 15) is 9.59 Å². The van der Waals surface area contributed by atoms with Crippen molar-refractivity contribution >= 4 is 29.3 Å². The van der Waals surface area contributed by atoms with Crippen LogP contribution in [0.1, 0.15) is 58.3 Å². The maximum absolute atomic E-state index is 12.9. The molecule has 3 aromatic rings. The van der Waals surface area contributed by atoms with Gasteiger partial charge in [-0.1, -0.05) is 42.5 Å². The summed E-state index contributed by atoms with van der Waals surface area (Å²) in [6, 6.07) is 15.9. The molecule has 0 fully saturated rings. The van der Waals surface area contributed by atoms with Crippen molar-refractivity contribution in [2.75, 3.05) is 5.32 Å². The zero-order chi connectivity index (χ0) is 20.6. The van der Waals surface area contributed by atoms with Crippen LogP contribution in [0.3, 0.4) is 0 Å². The number of carbonyl (C=O) groups is 2. The highest BCUT2D eigenvalue weighted by Gasteiger charge is 2.29. The number of amides is 1. The van der Waals surface area contributed by atoms with Gasteiger partial charge >= 0.3 is 0 Å². The molecule has 29 heavy (non-hydrogen) atoms. The summed E-state index contributed by atoms with van der Waals surface area (Å²) in [4.78, 5) is 25.5. The van der Waals surface area contributed by atoms with Gasteiger partial charge in [0.2, 0.25) is 0 Å². The molecule has 0 atom stereocenters. The third kappa shape index (κ3) is 3.85. The van der Waals surface area contributed by atoms with Crippen LogP contribution in [-0.4, -0.2) is 21.5 Å². The lowest BCUT2D eigenvalue weighted by atomic mass is 10.0. The minimum absolute atomic E-state index is 0.0572. The Balaban J connectivity index is 1.57. The Labute approximate surface area is 174 Å². The molecule has 2 aromatic carbocycles. The van der Waals surface area contributed by atoms with Gasteiger partial charge < -0.3 is 5.32 Å². The number of nitrogens with one attached hydrogen (secondary N) is 1. The van der Waals surface area contributed by atoms with E-state index in [-0.39, 0.29) is 17.2 Å². The summed E-state index contributed by atoms with van der Waals surface area (Å²) in [6.07, 6.45) is 0. The lowest BCUT2D eigenvalue weighted by molar-refractivity contribution is 0.101. The van der Waals surface area contributed by atoms with E-state index < -0.39 is 0 Å². The molecule has 6 heteroatoms. The van der Waals surface area contributed by atoms with Gasteiger partial charge in [0.05, 0.1) is 11.2 Å². The van der Waals surface area contributed by atoms with Gasteiger partial charge in [0, 0.05) is 33.8 Å². The summed E-state index contributed by atoms with van der Waals surface area (Å²) >= 11 is 1.80. The third-order valence-electron chi connectivity index (χ3n) is 4.86. The Morgan fingerprint density at radius 1 is 0.931 bits per heavy atom. The van der Waals surface area contributed by atoms with E-state index in [4.69, 9.17) is 5.10 Å². The van der Waals surface area contributed by atoms with E-state index in [1.807, 2.05) is 22.9 Å². The van der Waals surface area contributed by atoms with Crippen molar-refractivity contribution in [3.8, 4) is 0 Å². The van der Waals surface area contributed by atoms with Crippen LogP contribution in [0.5, 0.6) is 0 Å². The van der Waals surface area contributed by atoms with Gasteiger partial charge in [0.25, 0.3) is 5.91 Å². The largest absolute Gasteiger partial charge is 0.306 e. The molecule has 0 saturated heterocycles. The first kappa shape index (κ1) is 19.5. The minimum atomic E-state index is -0.233. The van der Waals surface area contributed by atoms with Gasteiger partial charge in [0.1, 0.15) is 5.82 Å². The second-order valence-electron chi connectivity index (χ2n) is 8.08. The smallest absolute Gasteiger partial charge is 0.256 e. The Hall–Kier alpha value is -2.86. The van der Waals surface area contributed by atoms with E-state index in [0.717, 1.165) is 28.6 Å². The maximum atomic E-state index is 12.9. The predicted octanol–water partition coefficient (Wildman–Crippen LogP) is 4.87. The number of carbonyl (C=O) groups excluding carboxylic acids is 2. The number of benzene rings is 2. The Bertz CT molecular complexity index is 1060. The molecule has 2 heterocycles. The SMILES string of the molecule is CC(C)(C)n1nc2c(c1NC(=O)c1ccc(C(=O)c3ccccc3)cc1)CSC2. The summed E-state index contributed by atoms with van der Waals surface area (Å²) in [5.41, 5.74) is 3.62. The Morgan fingerprint density at radius 2 is 1.55 bits per heavy atom. The van der Waals surface area contributed by atoms with Crippen molar-refractivity contribution in [2.24, 2.45) is 0 Å². The van der Waals surface area contributed by atoms with Crippen LogP contribution in [0.4, 0.5) is 5.82 Å². The molecule has 4 rings (SSSR count). The molecule has 0 aliphatic carbocycles. The summed E-state index contributed by atoms with van der Waals surface area (Å²) in [5.74, 6) is 2.24. The van der Waals surface area contributed by atoms with Crippen molar-refractivity contribution < 1.29 is 9.59 Å². The highest BCUT2D eigenvalue weighted by molar-refractivity contribution is 7.98. The molecule has 1 amide bonds. The number of rotatable bonds is 4. The number of fused-ring (bicyclic) bond motifs is 1. The lowest BCUT2D eigenvalue weighted by Gasteiger charge is -2.23. The minimum Gasteiger partial charge on any atom is -0.306 e. The standard InChI is InChI=1S/C23H23N3O2S/c1-23(2,3)26-21(18-13-29-14-19(18)25-26)24-22(28)17-11-9-16(10-12-17)20(27)15-7-5-4-6-8-15/h4-12H,13-14H2,1-3H3,(H,24,28). The third-order valence-corrected chi connectivity index (χ3v) is 5.83. The van der Waals surface area contributed by atoms with Crippen LogP contribution in [0.2, 0.25) is 0 Å². The van der Waals surface area contributed by atoms with Crippen LogP contribution in [0.25, 0.3) is 0 Å². The molecule has 148 valence electrons. The van der Waals surface area contributed by atoms with E-state index in [2.05, 4.69) is 26.1 Å². The van der Waals surface area contributed by atoms with E-state index in [1.165, 1.54) is 0 Å². The van der Waals surface area contributed by atoms with Crippen LogP contribution in [0.15, 0.2) is 54.6 Å². The van der Waals surface area contributed by atoms with Crippen LogP contribution in [0, 0.1) is 0 Å². The summed E-state index contributed by atoms with van der Waals surface area (Å²) in [7, 11) is 0. The van der Waals surface area contributed by atoms with E-state index in [0.29, 0.717) is 16.7 Å². The number of thioether (sulfide) groups is 1. The molecule has 1 aliphatic rings. The second-order valence-corrected chi connectivity index (χ2v) is 9.06. The summed E-state index contributed by atoms with van der Waals surface area (Å²) in [5, 5.41) is 7.77. The molecular formula is C23H23N3O2S. The number of hydrogen-bond donors (Lipinski definition) is 1. The lowest BCUT2D eigenvalue weighted by Crippen LogP contribution is -2.27. The van der Waals surface area contributed by atoms with E-state index >= 15 is 0 Å². The molecule has 5 nitrogen and oxygen atoms in total. The molecule has 0 bridgehead atoms. The number of ketones is 1. The highest BCUT2D eigenvalue weighted by atomic mass is 32.2. The Morgan fingerprint density at radius 3 is 2.21 bits per heavy atom. The fraction of sp³-hybridized carbons (Fsp3) is 0.261. The van der Waals surface area contributed by atoms with Crippen molar-refractivity contribution in [3.63, 3.8) is 0 Å². The first-order chi connectivity index (χ1) is 13.8. The molecule has 1 aromatic heterocycles. The number of anilines is 1.